The number of aliphatic hydroxyl groups excluding tert-OH is 1. The number of aromatic nitrogens is 2. The fourth-order valence-electron chi connectivity index (χ4n) is 4.81. The van der Waals surface area contributed by atoms with E-state index in [-0.39, 0.29) is 11.3 Å². The molecule has 7 nitrogen and oxygen atoms in total. The lowest BCUT2D eigenvalue weighted by Crippen LogP contribution is -2.33. The van der Waals surface area contributed by atoms with Gasteiger partial charge in [-0.05, 0) is 69.2 Å². The molecular formula is C27H31BrN4O3. The van der Waals surface area contributed by atoms with E-state index in [9.17, 15) is 14.7 Å². The van der Waals surface area contributed by atoms with Crippen LogP contribution in [0.2, 0.25) is 0 Å². The van der Waals surface area contributed by atoms with Crippen molar-refractivity contribution >= 4 is 39.0 Å². The van der Waals surface area contributed by atoms with Crippen LogP contribution in [0.4, 0.5) is 0 Å². The molecule has 1 aliphatic rings. The maximum absolute atomic E-state index is 13.3. The maximum atomic E-state index is 13.3. The number of hydrogen-bond donors (Lipinski definition) is 1. The molecule has 0 saturated carbocycles. The molecule has 1 aromatic carbocycles. The Labute approximate surface area is 214 Å². The molecule has 3 heterocycles. The first kappa shape index (κ1) is 25.1. The largest absolute Gasteiger partial charge is 0.505 e. The van der Waals surface area contributed by atoms with Crippen molar-refractivity contribution < 1.29 is 14.7 Å². The van der Waals surface area contributed by atoms with Crippen molar-refractivity contribution in [3.63, 3.8) is 0 Å². The SMILES string of the molecule is CCN(CC)CCCN1C(=O)C(=O)/C(=C(/O)c2nc3c(C)cccn3c2C)C1c1cccc(Br)c1. The Kier molecular flexibility index (Phi) is 7.42. The van der Waals surface area contributed by atoms with Gasteiger partial charge in [-0.1, -0.05) is 48.0 Å². The molecule has 4 rings (SSSR count). The van der Waals surface area contributed by atoms with Crippen molar-refractivity contribution in [3.8, 4) is 0 Å². The number of likely N-dealkylation sites (tertiary alicyclic amines) is 1. The number of nitrogens with zero attached hydrogens (tertiary/aromatic N) is 4. The monoisotopic (exact) mass is 538 g/mol. The molecule has 184 valence electrons. The number of amides is 1. The second kappa shape index (κ2) is 10.3. The Morgan fingerprint density at radius 2 is 1.89 bits per heavy atom. The highest BCUT2D eigenvalue weighted by Crippen LogP contribution is 2.40. The molecule has 1 atom stereocenters. The second-order valence-corrected chi connectivity index (χ2v) is 9.77. The minimum atomic E-state index is -0.686. The lowest BCUT2D eigenvalue weighted by Gasteiger charge is -2.26. The van der Waals surface area contributed by atoms with Crippen LogP contribution in [-0.4, -0.2) is 62.2 Å². The first-order valence-corrected chi connectivity index (χ1v) is 12.8. The molecule has 1 aliphatic heterocycles. The van der Waals surface area contributed by atoms with E-state index in [2.05, 4.69) is 39.7 Å². The molecule has 0 spiro atoms. The summed E-state index contributed by atoms with van der Waals surface area (Å²) in [5.74, 6) is -1.50. The van der Waals surface area contributed by atoms with Crippen LogP contribution >= 0.6 is 15.9 Å². The number of aryl methyl sites for hydroxylation is 2. The van der Waals surface area contributed by atoms with Gasteiger partial charge >= 0.3 is 0 Å². The Hall–Kier alpha value is -2.97. The van der Waals surface area contributed by atoms with Crippen LogP contribution in [0.25, 0.3) is 11.4 Å². The summed E-state index contributed by atoms with van der Waals surface area (Å²) in [7, 11) is 0. The quantitative estimate of drug-likeness (QED) is 0.251. The van der Waals surface area contributed by atoms with Crippen LogP contribution in [0.3, 0.4) is 0 Å². The van der Waals surface area contributed by atoms with Gasteiger partial charge in [0.05, 0.1) is 17.3 Å². The van der Waals surface area contributed by atoms with Gasteiger partial charge in [0.2, 0.25) is 0 Å². The third-order valence-electron chi connectivity index (χ3n) is 6.78. The summed E-state index contributed by atoms with van der Waals surface area (Å²) in [5, 5.41) is 11.5. The number of carbonyl (C=O) groups excluding carboxylic acids is 2. The van der Waals surface area contributed by atoms with Gasteiger partial charge < -0.3 is 19.3 Å². The van der Waals surface area contributed by atoms with Crippen molar-refractivity contribution in [2.75, 3.05) is 26.2 Å². The van der Waals surface area contributed by atoms with Crippen molar-refractivity contribution in [3.05, 3.63) is 75.2 Å². The zero-order valence-corrected chi connectivity index (χ0v) is 22.2. The first-order valence-electron chi connectivity index (χ1n) is 12.0. The molecule has 0 aliphatic carbocycles. The second-order valence-electron chi connectivity index (χ2n) is 8.86. The number of imidazole rings is 1. The van der Waals surface area contributed by atoms with Gasteiger partial charge in [-0.2, -0.15) is 0 Å². The van der Waals surface area contributed by atoms with Crippen molar-refractivity contribution in [2.24, 2.45) is 0 Å². The summed E-state index contributed by atoms with van der Waals surface area (Å²) in [6.45, 7) is 11.1. The topological polar surface area (TPSA) is 78.2 Å². The van der Waals surface area contributed by atoms with Gasteiger partial charge in [0.25, 0.3) is 11.7 Å². The van der Waals surface area contributed by atoms with Gasteiger partial charge in [0.1, 0.15) is 11.3 Å². The Morgan fingerprint density at radius 1 is 1.14 bits per heavy atom. The van der Waals surface area contributed by atoms with E-state index < -0.39 is 17.7 Å². The standard InChI is InChI=1S/C27H31BrN4O3/c1-5-30(6-2)13-9-15-32-23(19-11-7-12-20(28)16-19)21(25(34)27(32)35)24(33)22-18(4)31-14-8-10-17(3)26(31)29-22/h7-8,10-12,14,16,23,33H,5-6,9,13,15H2,1-4H3/b24-21+. The van der Waals surface area contributed by atoms with Gasteiger partial charge in [0, 0.05) is 17.2 Å². The van der Waals surface area contributed by atoms with E-state index in [1.807, 2.05) is 60.8 Å². The molecule has 0 radical (unpaired) electrons. The summed E-state index contributed by atoms with van der Waals surface area (Å²) in [6.07, 6.45) is 2.60. The molecule has 8 heteroatoms. The van der Waals surface area contributed by atoms with Crippen LogP contribution in [0.5, 0.6) is 0 Å². The van der Waals surface area contributed by atoms with Crippen LogP contribution in [0.15, 0.2) is 52.6 Å². The number of fused-ring (bicyclic) bond motifs is 1. The normalized spacial score (nSPS) is 17.8. The summed E-state index contributed by atoms with van der Waals surface area (Å²) in [5.41, 5.74) is 3.54. The third kappa shape index (κ3) is 4.65. The molecule has 35 heavy (non-hydrogen) atoms. The molecule has 1 N–H and O–H groups in total. The van der Waals surface area contributed by atoms with Crippen LogP contribution in [0.1, 0.15) is 48.8 Å². The Morgan fingerprint density at radius 3 is 2.54 bits per heavy atom. The molecular weight excluding hydrogens is 508 g/mol. The predicted octanol–water partition coefficient (Wildman–Crippen LogP) is 4.87. The first-order chi connectivity index (χ1) is 16.8. The summed E-state index contributed by atoms with van der Waals surface area (Å²) in [6, 6.07) is 10.7. The third-order valence-corrected chi connectivity index (χ3v) is 7.27. The van der Waals surface area contributed by atoms with Crippen molar-refractivity contribution in [2.45, 2.75) is 40.2 Å². The van der Waals surface area contributed by atoms with Crippen LogP contribution in [-0.2, 0) is 9.59 Å². The number of benzene rings is 1. The number of rotatable bonds is 8. The van der Waals surface area contributed by atoms with Gasteiger partial charge in [0.15, 0.2) is 5.76 Å². The predicted molar refractivity (Wildman–Crippen MR) is 140 cm³/mol. The number of ketones is 1. The highest BCUT2D eigenvalue weighted by atomic mass is 79.9. The van der Waals surface area contributed by atoms with Crippen molar-refractivity contribution in [1.29, 1.82) is 0 Å². The molecule has 1 unspecified atom stereocenters. The molecule has 3 aromatic rings. The summed E-state index contributed by atoms with van der Waals surface area (Å²) in [4.78, 5) is 35.1. The van der Waals surface area contributed by atoms with E-state index in [0.717, 1.165) is 41.7 Å². The van der Waals surface area contributed by atoms with E-state index in [4.69, 9.17) is 0 Å². The minimum Gasteiger partial charge on any atom is -0.505 e. The number of halogens is 1. The van der Waals surface area contributed by atoms with E-state index >= 15 is 0 Å². The number of Topliss-reactive ketones (excluding diaryl/α,β-unsaturated/α-hetero) is 1. The number of carbonyl (C=O) groups is 2. The van der Waals surface area contributed by atoms with Gasteiger partial charge in [-0.25, -0.2) is 4.98 Å². The Balaban J connectivity index is 1.82. The van der Waals surface area contributed by atoms with E-state index in [1.165, 1.54) is 0 Å². The molecule has 1 fully saturated rings. The van der Waals surface area contributed by atoms with E-state index in [0.29, 0.717) is 23.6 Å². The van der Waals surface area contributed by atoms with Gasteiger partial charge in [-0.15, -0.1) is 0 Å². The molecule has 2 aromatic heterocycles. The highest BCUT2D eigenvalue weighted by molar-refractivity contribution is 9.10. The smallest absolute Gasteiger partial charge is 0.295 e. The average Bonchev–Trinajstić information content (AvgIpc) is 3.31. The minimum absolute atomic E-state index is 0.0834. The lowest BCUT2D eigenvalue weighted by molar-refractivity contribution is -0.140. The fourth-order valence-corrected chi connectivity index (χ4v) is 5.23. The van der Waals surface area contributed by atoms with Crippen LogP contribution < -0.4 is 0 Å². The molecule has 1 saturated heterocycles. The molecule has 1 amide bonds. The Bertz CT molecular complexity index is 1310. The van der Waals surface area contributed by atoms with Gasteiger partial charge in [-0.3, -0.25) is 9.59 Å². The zero-order valence-electron chi connectivity index (χ0n) is 20.6. The summed E-state index contributed by atoms with van der Waals surface area (Å²) < 4.78 is 2.72. The summed E-state index contributed by atoms with van der Waals surface area (Å²) >= 11 is 3.51. The van der Waals surface area contributed by atoms with Crippen molar-refractivity contribution in [1.82, 2.24) is 19.2 Å². The lowest BCUT2D eigenvalue weighted by atomic mass is 9.96. The number of hydrogen-bond acceptors (Lipinski definition) is 5. The maximum Gasteiger partial charge on any atom is 0.295 e. The zero-order chi connectivity index (χ0) is 25.3. The number of aliphatic hydroxyl groups is 1. The number of pyridine rings is 1. The van der Waals surface area contributed by atoms with Crippen LogP contribution in [0, 0.1) is 13.8 Å². The van der Waals surface area contributed by atoms with E-state index in [1.54, 1.807) is 4.90 Å². The average molecular weight is 539 g/mol. The highest BCUT2D eigenvalue weighted by Gasteiger charge is 2.46. The molecule has 0 bridgehead atoms. The fraction of sp³-hybridized carbons (Fsp3) is 0.370.